The molecule has 130 valence electrons. The predicted octanol–water partition coefficient (Wildman–Crippen LogP) is 6.71. The number of nitrogens with zero attached hydrogens (tertiary/aromatic N) is 1. The van der Waals surface area contributed by atoms with Crippen LogP contribution in [0.5, 0.6) is 0 Å². The minimum absolute atomic E-state index is 0.790. The molecule has 1 aromatic heterocycles. The highest BCUT2D eigenvalue weighted by molar-refractivity contribution is 5.67. The first-order valence-corrected chi connectivity index (χ1v) is 9.98. The molecule has 2 aliphatic carbocycles. The Kier molecular flexibility index (Phi) is 4.09. The maximum absolute atomic E-state index is 4.66. The lowest BCUT2D eigenvalue weighted by atomic mass is 9.93. The van der Waals surface area contributed by atoms with Crippen molar-refractivity contribution in [3.05, 3.63) is 78.5 Å². The van der Waals surface area contributed by atoms with E-state index in [9.17, 15) is 0 Å². The van der Waals surface area contributed by atoms with E-state index < -0.39 is 0 Å². The molecule has 2 aromatic carbocycles. The molecule has 5 rings (SSSR count). The minimum atomic E-state index is 0.790. The Balaban J connectivity index is 1.33. The quantitative estimate of drug-likeness (QED) is 0.517. The summed E-state index contributed by atoms with van der Waals surface area (Å²) in [5, 5.41) is 0. The number of rotatable bonds is 3. The number of pyridine rings is 1. The van der Waals surface area contributed by atoms with Gasteiger partial charge in [-0.1, -0.05) is 79.9 Å². The van der Waals surface area contributed by atoms with Gasteiger partial charge >= 0.3 is 0 Å². The molecule has 26 heavy (non-hydrogen) atoms. The zero-order valence-corrected chi connectivity index (χ0v) is 15.1. The van der Waals surface area contributed by atoms with Gasteiger partial charge in [0.1, 0.15) is 0 Å². The topological polar surface area (TPSA) is 12.9 Å². The molecule has 2 aliphatic rings. The second-order valence-electron chi connectivity index (χ2n) is 8.04. The van der Waals surface area contributed by atoms with Crippen LogP contribution in [0.2, 0.25) is 0 Å². The highest BCUT2D eigenvalue weighted by Gasteiger charge is 2.37. The summed E-state index contributed by atoms with van der Waals surface area (Å²) in [6.07, 6.45) is 9.23. The van der Waals surface area contributed by atoms with Crippen LogP contribution in [0.15, 0.2) is 72.9 Å². The molecule has 0 spiro atoms. The van der Waals surface area contributed by atoms with Crippen molar-refractivity contribution in [1.82, 2.24) is 4.98 Å². The van der Waals surface area contributed by atoms with Crippen LogP contribution in [-0.2, 0) is 0 Å². The van der Waals surface area contributed by atoms with Crippen molar-refractivity contribution in [2.45, 2.75) is 38.0 Å². The number of fused-ring (bicyclic) bond motifs is 1. The van der Waals surface area contributed by atoms with Gasteiger partial charge in [-0.05, 0) is 47.8 Å². The first kappa shape index (κ1) is 15.8. The van der Waals surface area contributed by atoms with Gasteiger partial charge in [0.05, 0.1) is 5.69 Å². The third-order valence-corrected chi connectivity index (χ3v) is 6.54. The van der Waals surface area contributed by atoms with E-state index >= 15 is 0 Å². The van der Waals surface area contributed by atoms with Crippen molar-refractivity contribution in [3.63, 3.8) is 0 Å². The van der Waals surface area contributed by atoms with Crippen molar-refractivity contribution in [2.75, 3.05) is 0 Å². The molecule has 0 aliphatic heterocycles. The Morgan fingerprint density at radius 3 is 2.00 bits per heavy atom. The van der Waals surface area contributed by atoms with Crippen molar-refractivity contribution in [2.24, 2.45) is 11.8 Å². The van der Waals surface area contributed by atoms with Crippen molar-refractivity contribution >= 4 is 0 Å². The summed E-state index contributed by atoms with van der Waals surface area (Å²) < 4.78 is 0. The lowest BCUT2D eigenvalue weighted by molar-refractivity contribution is 0.457. The summed E-state index contributed by atoms with van der Waals surface area (Å²) in [5.41, 5.74) is 6.19. The molecule has 0 radical (unpaired) electrons. The summed E-state index contributed by atoms with van der Waals surface area (Å²) in [6, 6.07) is 23.9. The molecule has 2 fully saturated rings. The van der Waals surface area contributed by atoms with Gasteiger partial charge in [0.2, 0.25) is 0 Å². The Morgan fingerprint density at radius 1 is 0.654 bits per heavy atom. The van der Waals surface area contributed by atoms with Gasteiger partial charge in [-0.2, -0.15) is 0 Å². The van der Waals surface area contributed by atoms with Gasteiger partial charge < -0.3 is 0 Å². The van der Waals surface area contributed by atoms with E-state index in [4.69, 9.17) is 0 Å². The average Bonchev–Trinajstić information content (AvgIpc) is 3.31. The average molecular weight is 339 g/mol. The second kappa shape index (κ2) is 6.72. The van der Waals surface area contributed by atoms with E-state index in [1.807, 2.05) is 12.3 Å². The highest BCUT2D eigenvalue weighted by Crippen LogP contribution is 2.50. The summed E-state index contributed by atoms with van der Waals surface area (Å²) in [5.74, 6) is 2.81. The van der Waals surface area contributed by atoms with Crippen molar-refractivity contribution < 1.29 is 0 Å². The van der Waals surface area contributed by atoms with Crippen LogP contribution in [0.3, 0.4) is 0 Å². The molecule has 3 aromatic rings. The Bertz CT molecular complexity index is 852. The summed E-state index contributed by atoms with van der Waals surface area (Å²) in [7, 11) is 0. The molecule has 2 unspecified atom stereocenters. The van der Waals surface area contributed by atoms with E-state index in [0.29, 0.717) is 0 Å². The predicted molar refractivity (Wildman–Crippen MR) is 108 cm³/mol. The third kappa shape index (κ3) is 2.96. The summed E-state index contributed by atoms with van der Waals surface area (Å²) in [6.45, 7) is 0. The molecule has 2 saturated carbocycles. The van der Waals surface area contributed by atoms with Gasteiger partial charge in [-0.25, -0.2) is 0 Å². The van der Waals surface area contributed by atoms with Crippen LogP contribution < -0.4 is 0 Å². The number of aromatic nitrogens is 1. The largest absolute Gasteiger partial charge is 0.256 e. The summed E-state index contributed by atoms with van der Waals surface area (Å²) >= 11 is 0. The van der Waals surface area contributed by atoms with E-state index in [0.717, 1.165) is 23.4 Å². The van der Waals surface area contributed by atoms with Gasteiger partial charge in [-0.3, -0.25) is 4.98 Å². The first-order valence-electron chi connectivity index (χ1n) is 9.98. The normalized spacial score (nSPS) is 24.5. The fourth-order valence-electron chi connectivity index (χ4n) is 5.13. The molecule has 2 atom stereocenters. The minimum Gasteiger partial charge on any atom is -0.256 e. The van der Waals surface area contributed by atoms with Crippen molar-refractivity contribution in [3.8, 4) is 22.4 Å². The maximum atomic E-state index is 4.66. The van der Waals surface area contributed by atoms with E-state index in [1.165, 1.54) is 54.4 Å². The molecule has 0 saturated heterocycles. The fourth-order valence-corrected chi connectivity index (χ4v) is 5.13. The van der Waals surface area contributed by atoms with Crippen LogP contribution in [0.4, 0.5) is 0 Å². The summed E-state index contributed by atoms with van der Waals surface area (Å²) in [4.78, 5) is 4.66. The zero-order chi connectivity index (χ0) is 17.3. The Hall–Kier alpha value is -2.41. The smallest absolute Gasteiger partial charge is 0.0702 e. The molecule has 0 N–H and O–H groups in total. The third-order valence-electron chi connectivity index (χ3n) is 6.54. The van der Waals surface area contributed by atoms with Gasteiger partial charge in [0.25, 0.3) is 0 Å². The van der Waals surface area contributed by atoms with E-state index in [-0.39, 0.29) is 0 Å². The van der Waals surface area contributed by atoms with Crippen LogP contribution in [0.25, 0.3) is 22.4 Å². The lowest BCUT2D eigenvalue weighted by Gasteiger charge is -2.12. The molecule has 0 bridgehead atoms. The molecule has 1 nitrogen and oxygen atoms in total. The van der Waals surface area contributed by atoms with Gasteiger partial charge in [0.15, 0.2) is 0 Å². The van der Waals surface area contributed by atoms with Crippen LogP contribution in [0.1, 0.15) is 43.6 Å². The van der Waals surface area contributed by atoms with Crippen LogP contribution in [-0.4, -0.2) is 4.98 Å². The Labute approximate surface area is 156 Å². The first-order chi connectivity index (χ1) is 12.9. The van der Waals surface area contributed by atoms with E-state index in [2.05, 4.69) is 65.6 Å². The molecule has 1 heterocycles. The Morgan fingerprint density at radius 2 is 1.35 bits per heavy atom. The maximum Gasteiger partial charge on any atom is 0.0702 e. The molecule has 0 amide bonds. The molecular formula is C25H25N. The van der Waals surface area contributed by atoms with Gasteiger partial charge in [0, 0.05) is 17.3 Å². The van der Waals surface area contributed by atoms with Crippen LogP contribution >= 0.6 is 0 Å². The van der Waals surface area contributed by atoms with Crippen LogP contribution in [0, 0.1) is 11.8 Å². The van der Waals surface area contributed by atoms with Crippen molar-refractivity contribution in [1.29, 1.82) is 0 Å². The monoisotopic (exact) mass is 339 g/mol. The molecular weight excluding hydrogens is 314 g/mol. The van der Waals surface area contributed by atoms with Gasteiger partial charge in [-0.15, -0.1) is 0 Å². The molecule has 1 heteroatoms. The number of hydrogen-bond acceptors (Lipinski definition) is 1. The fraction of sp³-hybridized carbons (Fsp3) is 0.320. The highest BCUT2D eigenvalue weighted by atomic mass is 14.7. The zero-order valence-electron chi connectivity index (χ0n) is 15.1. The number of hydrogen-bond donors (Lipinski definition) is 0. The van der Waals surface area contributed by atoms with E-state index in [1.54, 1.807) is 0 Å². The second-order valence-corrected chi connectivity index (χ2v) is 8.04. The standard InChI is InChI=1S/C25H25N/c1-2-5-20(6-3-1)25-14-13-23(17-26-25)18-9-11-19(12-10-18)24-15-21-7-4-8-22(21)16-24/h1-3,5-6,9-14,17,21-22,24H,4,7-8,15-16H2. The number of benzene rings is 2. The lowest BCUT2D eigenvalue weighted by Crippen LogP contribution is -1.95. The SMILES string of the molecule is c1ccc(-c2ccc(-c3ccc(C4CC5CCCC5C4)cc3)cn2)cc1.